The Bertz CT molecular complexity index is 1190. The molecule has 0 saturated heterocycles. The van der Waals surface area contributed by atoms with E-state index in [1.165, 1.54) is 0 Å². The topological polar surface area (TPSA) is 82.3 Å². The number of alkyl halides is 3. The van der Waals surface area contributed by atoms with Crippen molar-refractivity contribution < 1.29 is 27.1 Å². The molecule has 1 aliphatic carbocycles. The van der Waals surface area contributed by atoms with Crippen LogP contribution in [0.5, 0.6) is 5.75 Å². The number of halogens is 3. The molecular formula is C24H29F3N4O3S. The smallest absolute Gasteiger partial charge is 0.422 e. The predicted octanol–water partition coefficient (Wildman–Crippen LogP) is 6.11. The summed E-state index contributed by atoms with van der Waals surface area (Å²) in [6, 6.07) is 5.53. The Labute approximate surface area is 206 Å². The van der Waals surface area contributed by atoms with Gasteiger partial charge < -0.3 is 19.2 Å². The Morgan fingerprint density at radius 3 is 2.54 bits per heavy atom. The molecule has 7 nitrogen and oxygen atoms in total. The highest BCUT2D eigenvalue weighted by atomic mass is 32.2. The lowest BCUT2D eigenvalue weighted by Gasteiger charge is -2.34. The molecule has 0 amide bonds. The summed E-state index contributed by atoms with van der Waals surface area (Å²) >= 11 is 1.65. The van der Waals surface area contributed by atoms with Gasteiger partial charge in [0.25, 0.3) is 5.89 Å². The van der Waals surface area contributed by atoms with Crippen LogP contribution in [0.25, 0.3) is 22.5 Å². The third-order valence-corrected chi connectivity index (χ3v) is 6.16. The molecule has 190 valence electrons. The molecule has 0 radical (unpaired) electrons. The number of hydrogen-bond donors (Lipinski definition) is 1. The number of ether oxygens (including phenoxy) is 2. The molecule has 0 bridgehead atoms. The Balaban J connectivity index is 1.59. The van der Waals surface area contributed by atoms with Crippen molar-refractivity contribution in [3.05, 3.63) is 29.3 Å². The first-order valence-electron chi connectivity index (χ1n) is 11.3. The van der Waals surface area contributed by atoms with Crippen LogP contribution in [-0.4, -0.2) is 52.3 Å². The van der Waals surface area contributed by atoms with Gasteiger partial charge in [0.05, 0.1) is 17.6 Å². The normalized spacial score (nSPS) is 18.5. The Morgan fingerprint density at radius 1 is 1.14 bits per heavy atom. The number of benzene rings is 1. The van der Waals surface area contributed by atoms with Crippen LogP contribution < -0.4 is 10.1 Å². The molecule has 2 aromatic heterocycles. The molecule has 0 spiro atoms. The van der Waals surface area contributed by atoms with Gasteiger partial charge in [-0.1, -0.05) is 25.9 Å². The van der Waals surface area contributed by atoms with Crippen LogP contribution in [0.3, 0.4) is 0 Å². The van der Waals surface area contributed by atoms with E-state index in [2.05, 4.69) is 15.5 Å². The Hall–Kier alpha value is -2.53. The van der Waals surface area contributed by atoms with Crippen LogP contribution >= 0.6 is 11.8 Å². The zero-order chi connectivity index (χ0) is 25.4. The number of nitrogens with one attached hydrogen (secondary N) is 1. The van der Waals surface area contributed by atoms with Gasteiger partial charge in [-0.2, -0.15) is 13.2 Å². The molecule has 0 unspecified atom stereocenters. The van der Waals surface area contributed by atoms with Gasteiger partial charge in [0.2, 0.25) is 0 Å². The first kappa shape index (κ1) is 25.6. The maximum absolute atomic E-state index is 12.7. The average molecular weight is 511 g/mol. The maximum atomic E-state index is 12.7. The number of pyridine rings is 1. The quantitative estimate of drug-likeness (QED) is 0.364. The molecule has 2 heterocycles. The first-order valence-corrected chi connectivity index (χ1v) is 12.7. The highest BCUT2D eigenvalue weighted by Crippen LogP contribution is 2.36. The summed E-state index contributed by atoms with van der Waals surface area (Å²) in [5.74, 6) is 1.10. The molecule has 1 N–H and O–H groups in total. The molecule has 0 aliphatic heterocycles. The Morgan fingerprint density at radius 2 is 1.89 bits per heavy atom. The number of fused-ring (bicyclic) bond motifs is 1. The number of hydrogen-bond acceptors (Lipinski definition) is 8. The van der Waals surface area contributed by atoms with Crippen molar-refractivity contribution >= 4 is 28.7 Å². The van der Waals surface area contributed by atoms with Crippen molar-refractivity contribution in [3.8, 4) is 17.3 Å². The van der Waals surface area contributed by atoms with Crippen molar-refractivity contribution in [1.82, 2.24) is 15.2 Å². The third-order valence-electron chi connectivity index (χ3n) is 5.79. The van der Waals surface area contributed by atoms with Crippen LogP contribution in [0.15, 0.2) is 22.6 Å². The lowest BCUT2D eigenvalue weighted by Crippen LogP contribution is -2.40. The standard InChI is InChI=1S/C24H29F3N4O3S/c1-13-6-19(21-30-31-22(34-21)28-14-7-15(8-14)33-12-35-5)29-20-17(13)9-16(32-11-24(25,26)27)10-18(20)23(2,3)4/h6,9-10,14-15H,7-8,11-12H2,1-5H3,(H,28,31). The summed E-state index contributed by atoms with van der Waals surface area (Å²) in [6.45, 7) is 6.44. The van der Waals surface area contributed by atoms with Crippen molar-refractivity contribution in [1.29, 1.82) is 0 Å². The number of thioether (sulfide) groups is 1. The van der Waals surface area contributed by atoms with Gasteiger partial charge in [0.15, 0.2) is 6.61 Å². The lowest BCUT2D eigenvalue weighted by molar-refractivity contribution is -0.153. The molecular weight excluding hydrogens is 481 g/mol. The lowest BCUT2D eigenvalue weighted by atomic mass is 9.84. The van der Waals surface area contributed by atoms with E-state index in [1.54, 1.807) is 30.0 Å². The highest BCUT2D eigenvalue weighted by molar-refractivity contribution is 7.98. The van der Waals surface area contributed by atoms with E-state index in [1.807, 2.05) is 34.0 Å². The predicted molar refractivity (Wildman–Crippen MR) is 130 cm³/mol. The second-order valence-corrected chi connectivity index (χ2v) is 10.6. The molecule has 1 fully saturated rings. The van der Waals surface area contributed by atoms with E-state index in [4.69, 9.17) is 18.9 Å². The number of anilines is 1. The van der Waals surface area contributed by atoms with Crippen LogP contribution in [0.2, 0.25) is 0 Å². The van der Waals surface area contributed by atoms with E-state index in [0.29, 0.717) is 28.6 Å². The van der Waals surface area contributed by atoms with Gasteiger partial charge in [0, 0.05) is 11.4 Å². The minimum Gasteiger partial charge on any atom is -0.484 e. The first-order chi connectivity index (χ1) is 16.4. The van der Waals surface area contributed by atoms with Gasteiger partial charge in [-0.3, -0.25) is 0 Å². The molecule has 0 atom stereocenters. The number of aromatic nitrogens is 3. The van der Waals surface area contributed by atoms with E-state index in [0.717, 1.165) is 24.0 Å². The Kier molecular flexibility index (Phi) is 7.19. The zero-order valence-electron chi connectivity index (χ0n) is 20.3. The summed E-state index contributed by atoms with van der Waals surface area (Å²) < 4.78 is 54.7. The van der Waals surface area contributed by atoms with E-state index >= 15 is 0 Å². The number of rotatable bonds is 8. The maximum Gasteiger partial charge on any atom is 0.422 e. The van der Waals surface area contributed by atoms with Gasteiger partial charge in [-0.15, -0.1) is 16.9 Å². The minimum atomic E-state index is -4.42. The molecule has 35 heavy (non-hydrogen) atoms. The average Bonchev–Trinajstić information content (AvgIpc) is 3.21. The zero-order valence-corrected chi connectivity index (χ0v) is 21.1. The third kappa shape index (κ3) is 6.19. The second-order valence-electron chi connectivity index (χ2n) is 9.77. The molecule has 4 rings (SSSR count). The summed E-state index contributed by atoms with van der Waals surface area (Å²) in [5, 5.41) is 12.2. The fraction of sp³-hybridized carbons (Fsp3) is 0.542. The van der Waals surface area contributed by atoms with Crippen LogP contribution in [0, 0.1) is 6.92 Å². The summed E-state index contributed by atoms with van der Waals surface area (Å²) in [6.07, 6.45) is -0.423. The van der Waals surface area contributed by atoms with Crippen molar-refractivity contribution in [2.45, 2.75) is 64.3 Å². The van der Waals surface area contributed by atoms with Crippen LogP contribution in [-0.2, 0) is 10.2 Å². The molecule has 1 saturated carbocycles. The summed E-state index contributed by atoms with van der Waals surface area (Å²) in [7, 11) is 0. The molecule has 1 aliphatic rings. The van der Waals surface area contributed by atoms with E-state index in [-0.39, 0.29) is 23.8 Å². The molecule has 3 aromatic rings. The fourth-order valence-electron chi connectivity index (χ4n) is 3.94. The molecule has 11 heteroatoms. The van der Waals surface area contributed by atoms with E-state index in [9.17, 15) is 13.2 Å². The van der Waals surface area contributed by atoms with Crippen molar-refractivity contribution in [2.24, 2.45) is 0 Å². The van der Waals surface area contributed by atoms with Crippen LogP contribution in [0.4, 0.5) is 19.2 Å². The SMILES string of the molecule is CSCOC1CC(Nc2nnc(-c3cc(C)c4cc(OCC(F)(F)F)cc(C(C)(C)C)c4n3)o2)C1. The van der Waals surface area contributed by atoms with Gasteiger partial charge in [-0.05, 0) is 60.8 Å². The van der Waals surface area contributed by atoms with Gasteiger partial charge >= 0.3 is 12.2 Å². The van der Waals surface area contributed by atoms with Crippen LogP contribution in [0.1, 0.15) is 44.7 Å². The van der Waals surface area contributed by atoms with Crippen molar-refractivity contribution in [3.63, 3.8) is 0 Å². The van der Waals surface area contributed by atoms with Crippen molar-refractivity contribution in [2.75, 3.05) is 24.1 Å². The summed E-state index contributed by atoms with van der Waals surface area (Å²) in [4.78, 5) is 4.77. The summed E-state index contributed by atoms with van der Waals surface area (Å²) in [5.41, 5.74) is 2.34. The monoisotopic (exact) mass is 510 g/mol. The highest BCUT2D eigenvalue weighted by Gasteiger charge is 2.31. The van der Waals surface area contributed by atoms with Gasteiger partial charge in [-0.25, -0.2) is 4.98 Å². The van der Waals surface area contributed by atoms with Gasteiger partial charge in [0.1, 0.15) is 11.4 Å². The minimum absolute atomic E-state index is 0.155. The van der Waals surface area contributed by atoms with E-state index < -0.39 is 18.2 Å². The number of nitrogens with zero attached hydrogens (tertiary/aromatic N) is 3. The fourth-order valence-corrected chi connectivity index (χ4v) is 4.27. The largest absolute Gasteiger partial charge is 0.484 e. The molecule has 1 aromatic carbocycles. The number of aryl methyl sites for hydroxylation is 1. The second kappa shape index (κ2) is 9.85.